The van der Waals surface area contributed by atoms with Crippen LogP contribution >= 0.6 is 0 Å². The molecule has 0 amide bonds. The first-order valence-corrected chi connectivity index (χ1v) is 6.26. The van der Waals surface area contributed by atoms with E-state index in [2.05, 4.69) is 43.0 Å². The predicted octanol–water partition coefficient (Wildman–Crippen LogP) is 2.64. The Bertz CT molecular complexity index is 328. The van der Waals surface area contributed by atoms with Crippen molar-refractivity contribution in [2.45, 2.75) is 46.8 Å². The van der Waals surface area contributed by atoms with E-state index in [-0.39, 0.29) is 11.5 Å². The predicted molar refractivity (Wildman–Crippen MR) is 69.8 cm³/mol. The number of nitrogens with one attached hydrogen (secondary N) is 2. The molecule has 98 valence electrons. The van der Waals surface area contributed by atoms with E-state index in [0.717, 1.165) is 31.0 Å². The Hall–Kier alpha value is -0.870. The molecule has 1 aromatic rings. The highest BCUT2D eigenvalue weighted by Gasteiger charge is 2.28. The molecular weight excluding hydrogens is 214 g/mol. The van der Waals surface area contributed by atoms with Crippen molar-refractivity contribution < 1.29 is 4.74 Å². The molecule has 0 saturated heterocycles. The number of H-pyrrole nitrogens is 1. The lowest BCUT2D eigenvalue weighted by Gasteiger charge is -2.27. The molecule has 0 aromatic carbocycles. The first-order chi connectivity index (χ1) is 7.99. The number of nitrogens with zero attached hydrogens (tertiary/aromatic N) is 1. The third-order valence-electron chi connectivity index (χ3n) is 2.66. The fraction of sp³-hybridized carbons (Fsp3) is 0.769. The zero-order valence-corrected chi connectivity index (χ0v) is 11.6. The molecule has 0 fully saturated rings. The second-order valence-electron chi connectivity index (χ2n) is 5.45. The molecule has 1 aromatic heterocycles. The van der Waals surface area contributed by atoms with Crippen molar-refractivity contribution in [2.24, 2.45) is 5.41 Å². The van der Waals surface area contributed by atoms with Crippen LogP contribution in [0, 0.1) is 5.41 Å². The third-order valence-corrected chi connectivity index (χ3v) is 2.66. The Morgan fingerprint density at radius 2 is 2.18 bits per heavy atom. The molecule has 0 aliphatic carbocycles. The van der Waals surface area contributed by atoms with E-state index in [1.54, 1.807) is 7.11 Å². The molecule has 0 aliphatic heterocycles. The third kappa shape index (κ3) is 4.13. The van der Waals surface area contributed by atoms with E-state index in [0.29, 0.717) is 0 Å². The quantitative estimate of drug-likeness (QED) is 0.750. The van der Waals surface area contributed by atoms with Gasteiger partial charge in [-0.15, -0.1) is 0 Å². The largest absolute Gasteiger partial charge is 0.373 e. The first-order valence-electron chi connectivity index (χ1n) is 6.26. The molecule has 0 spiro atoms. The lowest BCUT2D eigenvalue weighted by Crippen LogP contribution is -2.21. The number of methoxy groups -OCH3 is 1. The molecule has 0 aliphatic rings. The number of aromatic amines is 1. The smallest absolute Gasteiger partial charge is 0.136 e. The van der Waals surface area contributed by atoms with Gasteiger partial charge in [0.15, 0.2) is 0 Å². The van der Waals surface area contributed by atoms with E-state index in [1.807, 2.05) is 6.20 Å². The van der Waals surface area contributed by atoms with Crippen molar-refractivity contribution in [2.75, 3.05) is 13.7 Å². The van der Waals surface area contributed by atoms with Crippen LogP contribution in [0.2, 0.25) is 0 Å². The van der Waals surface area contributed by atoms with Gasteiger partial charge < -0.3 is 15.0 Å². The summed E-state index contributed by atoms with van der Waals surface area (Å²) < 4.78 is 5.53. The van der Waals surface area contributed by atoms with Crippen molar-refractivity contribution in [3.05, 3.63) is 17.7 Å². The molecule has 0 saturated carbocycles. The van der Waals surface area contributed by atoms with Crippen LogP contribution in [0.25, 0.3) is 0 Å². The Balaban J connectivity index is 2.66. The minimum absolute atomic E-state index is 0.00225. The van der Waals surface area contributed by atoms with Crippen LogP contribution in [-0.2, 0) is 11.3 Å². The van der Waals surface area contributed by atoms with E-state index >= 15 is 0 Å². The summed E-state index contributed by atoms with van der Waals surface area (Å²) in [6, 6.07) is 0. The van der Waals surface area contributed by atoms with Gasteiger partial charge in [-0.2, -0.15) is 0 Å². The fourth-order valence-corrected chi connectivity index (χ4v) is 1.87. The average Bonchev–Trinajstić information content (AvgIpc) is 2.66. The minimum atomic E-state index is 0.00225. The zero-order chi connectivity index (χ0) is 12.9. The maximum absolute atomic E-state index is 5.53. The molecular formula is C13H25N3O. The number of rotatable bonds is 6. The molecule has 1 atom stereocenters. The number of hydrogen-bond donors (Lipinski definition) is 2. The summed E-state index contributed by atoms with van der Waals surface area (Å²) in [7, 11) is 1.73. The van der Waals surface area contributed by atoms with Gasteiger partial charge in [-0.3, -0.25) is 0 Å². The van der Waals surface area contributed by atoms with E-state index in [4.69, 9.17) is 4.74 Å². The Morgan fingerprint density at radius 1 is 1.47 bits per heavy atom. The maximum Gasteiger partial charge on any atom is 0.136 e. The molecule has 1 rings (SSSR count). The minimum Gasteiger partial charge on any atom is -0.373 e. The van der Waals surface area contributed by atoms with Crippen LogP contribution in [0.1, 0.15) is 51.7 Å². The number of ether oxygens (including phenoxy) is 1. The van der Waals surface area contributed by atoms with Gasteiger partial charge in [-0.25, -0.2) is 4.98 Å². The van der Waals surface area contributed by atoms with Crippen LogP contribution in [0.15, 0.2) is 6.20 Å². The highest BCUT2D eigenvalue weighted by atomic mass is 16.5. The fourth-order valence-electron chi connectivity index (χ4n) is 1.87. The summed E-state index contributed by atoms with van der Waals surface area (Å²) in [6.07, 6.45) is 3.03. The maximum atomic E-state index is 5.53. The van der Waals surface area contributed by atoms with Gasteiger partial charge in [0, 0.05) is 25.5 Å². The lowest BCUT2D eigenvalue weighted by atomic mass is 9.88. The van der Waals surface area contributed by atoms with Gasteiger partial charge in [-0.1, -0.05) is 27.7 Å². The van der Waals surface area contributed by atoms with Crippen molar-refractivity contribution >= 4 is 0 Å². The Morgan fingerprint density at radius 3 is 2.71 bits per heavy atom. The van der Waals surface area contributed by atoms with E-state index in [1.165, 1.54) is 0 Å². The first kappa shape index (κ1) is 14.2. The molecule has 0 radical (unpaired) electrons. The number of hydrogen-bond acceptors (Lipinski definition) is 3. The van der Waals surface area contributed by atoms with Crippen LogP contribution in [0.3, 0.4) is 0 Å². The molecule has 1 unspecified atom stereocenters. The summed E-state index contributed by atoms with van der Waals surface area (Å²) in [6.45, 7) is 10.5. The molecule has 1 heterocycles. The summed E-state index contributed by atoms with van der Waals surface area (Å²) in [5, 5.41) is 3.35. The van der Waals surface area contributed by atoms with Crippen LogP contribution in [0.4, 0.5) is 0 Å². The molecule has 4 nitrogen and oxygen atoms in total. The second-order valence-corrected chi connectivity index (χ2v) is 5.45. The average molecular weight is 239 g/mol. The number of aromatic nitrogens is 2. The molecule has 17 heavy (non-hydrogen) atoms. The van der Waals surface area contributed by atoms with E-state index < -0.39 is 0 Å². The summed E-state index contributed by atoms with van der Waals surface area (Å²) in [5.41, 5.74) is 1.15. The van der Waals surface area contributed by atoms with Crippen LogP contribution < -0.4 is 5.32 Å². The highest BCUT2D eigenvalue weighted by Crippen LogP contribution is 2.33. The van der Waals surface area contributed by atoms with Gasteiger partial charge in [0.05, 0.1) is 0 Å². The standard InChI is InChI=1S/C13H25N3O/c1-6-7-14-8-10-9-15-12(16-10)11(17-5)13(2,3)4/h9,11,14H,6-8H2,1-5H3,(H,15,16). The highest BCUT2D eigenvalue weighted by molar-refractivity contribution is 5.05. The van der Waals surface area contributed by atoms with Crippen molar-refractivity contribution in [3.8, 4) is 0 Å². The summed E-state index contributed by atoms with van der Waals surface area (Å²) in [4.78, 5) is 7.74. The van der Waals surface area contributed by atoms with Gasteiger partial charge in [0.1, 0.15) is 11.9 Å². The lowest BCUT2D eigenvalue weighted by molar-refractivity contribution is 0.00919. The summed E-state index contributed by atoms with van der Waals surface area (Å²) >= 11 is 0. The van der Waals surface area contributed by atoms with E-state index in [9.17, 15) is 0 Å². The van der Waals surface area contributed by atoms with Crippen molar-refractivity contribution in [3.63, 3.8) is 0 Å². The zero-order valence-electron chi connectivity index (χ0n) is 11.6. The Kier molecular flexibility index (Phi) is 5.15. The molecule has 2 N–H and O–H groups in total. The monoisotopic (exact) mass is 239 g/mol. The normalized spacial score (nSPS) is 13.9. The Labute approximate surface area is 104 Å². The topological polar surface area (TPSA) is 49.9 Å². The van der Waals surface area contributed by atoms with Crippen molar-refractivity contribution in [1.82, 2.24) is 15.3 Å². The summed E-state index contributed by atoms with van der Waals surface area (Å²) in [5.74, 6) is 0.910. The van der Waals surface area contributed by atoms with Gasteiger partial charge in [0.25, 0.3) is 0 Å². The van der Waals surface area contributed by atoms with Crippen LogP contribution in [0.5, 0.6) is 0 Å². The second kappa shape index (κ2) is 6.17. The van der Waals surface area contributed by atoms with Gasteiger partial charge in [-0.05, 0) is 18.4 Å². The number of imidazole rings is 1. The van der Waals surface area contributed by atoms with Gasteiger partial charge in [0.2, 0.25) is 0 Å². The van der Waals surface area contributed by atoms with Crippen molar-refractivity contribution in [1.29, 1.82) is 0 Å². The molecule has 4 heteroatoms. The molecule has 0 bridgehead atoms. The SMILES string of the molecule is CCCNCc1cnc(C(OC)C(C)(C)C)[nH]1. The van der Waals surface area contributed by atoms with Gasteiger partial charge >= 0.3 is 0 Å². The van der Waals surface area contributed by atoms with Crippen LogP contribution in [-0.4, -0.2) is 23.6 Å².